The molecule has 52 valence electrons. The van der Waals surface area contributed by atoms with E-state index < -0.39 is 0 Å². The smallest absolute Gasteiger partial charge is 0.0273 e. The molecular weight excluding hydrogens is 112 g/mol. The van der Waals surface area contributed by atoms with Crippen LogP contribution >= 0.6 is 0 Å². The molecule has 0 spiro atoms. The van der Waals surface area contributed by atoms with Crippen LogP contribution in [0, 0.1) is 0 Å². The zero-order valence-corrected chi connectivity index (χ0v) is 5.88. The van der Waals surface area contributed by atoms with Crippen molar-refractivity contribution in [2.24, 2.45) is 10.7 Å². The molecular formula is C7H14N2. The van der Waals surface area contributed by atoms with Crippen LogP contribution in [-0.4, -0.2) is 19.8 Å². The van der Waals surface area contributed by atoms with E-state index in [4.69, 9.17) is 5.73 Å². The van der Waals surface area contributed by atoms with Crippen molar-refractivity contribution >= 4 is 6.21 Å². The standard InChI is InChI=1S/C7H14N2/c1-9-7-5-3-2-4-6-8/h2,4,7H,3,5-6,8H2,1H3. The number of allylic oxidation sites excluding steroid dienone is 1. The van der Waals surface area contributed by atoms with E-state index in [0.29, 0.717) is 6.54 Å². The van der Waals surface area contributed by atoms with Crippen molar-refractivity contribution in [2.45, 2.75) is 12.8 Å². The lowest BCUT2D eigenvalue weighted by atomic mass is 10.3. The van der Waals surface area contributed by atoms with Gasteiger partial charge in [0.2, 0.25) is 0 Å². The fraction of sp³-hybridized carbons (Fsp3) is 0.571. The summed E-state index contributed by atoms with van der Waals surface area (Å²) in [4.78, 5) is 3.84. The normalized spacial score (nSPS) is 11.8. The van der Waals surface area contributed by atoms with Crippen LogP contribution in [0.3, 0.4) is 0 Å². The van der Waals surface area contributed by atoms with Gasteiger partial charge in [-0.3, -0.25) is 0 Å². The van der Waals surface area contributed by atoms with Gasteiger partial charge >= 0.3 is 0 Å². The molecule has 0 aliphatic heterocycles. The van der Waals surface area contributed by atoms with E-state index in [1.165, 1.54) is 0 Å². The van der Waals surface area contributed by atoms with Crippen molar-refractivity contribution in [3.8, 4) is 0 Å². The SMILES string of the molecule is CN=CCCC=CCN. The highest BCUT2D eigenvalue weighted by atomic mass is 14.6. The van der Waals surface area contributed by atoms with Crippen LogP contribution < -0.4 is 5.73 Å². The Labute approximate surface area is 56.5 Å². The van der Waals surface area contributed by atoms with Crippen LogP contribution in [-0.2, 0) is 0 Å². The summed E-state index contributed by atoms with van der Waals surface area (Å²) in [5.74, 6) is 0. The summed E-state index contributed by atoms with van der Waals surface area (Å²) in [5, 5.41) is 0. The van der Waals surface area contributed by atoms with Gasteiger partial charge in [0.05, 0.1) is 0 Å². The van der Waals surface area contributed by atoms with Crippen LogP contribution in [0.2, 0.25) is 0 Å². The summed E-state index contributed by atoms with van der Waals surface area (Å²) in [6.45, 7) is 0.642. The third kappa shape index (κ3) is 7.37. The molecule has 0 aromatic rings. The van der Waals surface area contributed by atoms with Crippen molar-refractivity contribution in [1.29, 1.82) is 0 Å². The van der Waals surface area contributed by atoms with Crippen molar-refractivity contribution in [3.63, 3.8) is 0 Å². The molecule has 9 heavy (non-hydrogen) atoms. The molecule has 2 heteroatoms. The first-order valence-electron chi connectivity index (χ1n) is 3.17. The fourth-order valence-corrected chi connectivity index (χ4v) is 0.514. The number of nitrogens with zero attached hydrogens (tertiary/aromatic N) is 1. The Morgan fingerprint density at radius 3 is 2.67 bits per heavy atom. The molecule has 0 fully saturated rings. The van der Waals surface area contributed by atoms with E-state index in [1.54, 1.807) is 7.05 Å². The maximum Gasteiger partial charge on any atom is 0.0273 e. The first kappa shape index (κ1) is 8.37. The lowest BCUT2D eigenvalue weighted by molar-refractivity contribution is 1.09. The minimum absolute atomic E-state index is 0.642. The number of aliphatic imine (C=N–C) groups is 1. The molecule has 0 aromatic heterocycles. The summed E-state index contributed by atoms with van der Waals surface area (Å²) >= 11 is 0. The van der Waals surface area contributed by atoms with Gasteiger partial charge in [-0.25, -0.2) is 0 Å². The van der Waals surface area contributed by atoms with Crippen molar-refractivity contribution in [3.05, 3.63) is 12.2 Å². The Morgan fingerprint density at radius 1 is 1.33 bits per heavy atom. The van der Waals surface area contributed by atoms with Gasteiger partial charge in [0.1, 0.15) is 0 Å². The number of hydrogen-bond donors (Lipinski definition) is 1. The molecule has 0 saturated heterocycles. The van der Waals surface area contributed by atoms with E-state index >= 15 is 0 Å². The maximum absolute atomic E-state index is 5.22. The number of hydrogen-bond acceptors (Lipinski definition) is 2. The van der Waals surface area contributed by atoms with Crippen LogP contribution in [0.1, 0.15) is 12.8 Å². The Bertz CT molecular complexity index is 95.1. The second kappa shape index (κ2) is 7.37. The maximum atomic E-state index is 5.22. The van der Waals surface area contributed by atoms with Crippen LogP contribution in [0.15, 0.2) is 17.1 Å². The molecule has 0 saturated carbocycles. The van der Waals surface area contributed by atoms with E-state index in [-0.39, 0.29) is 0 Å². The highest BCUT2D eigenvalue weighted by molar-refractivity contribution is 5.56. The third-order valence-electron chi connectivity index (χ3n) is 0.948. The van der Waals surface area contributed by atoms with Gasteiger partial charge in [-0.1, -0.05) is 12.2 Å². The lowest BCUT2D eigenvalue weighted by Gasteiger charge is -1.83. The van der Waals surface area contributed by atoms with E-state index in [0.717, 1.165) is 12.8 Å². The Morgan fingerprint density at radius 2 is 2.11 bits per heavy atom. The zero-order chi connectivity index (χ0) is 6.95. The minimum Gasteiger partial charge on any atom is -0.327 e. The third-order valence-corrected chi connectivity index (χ3v) is 0.948. The summed E-state index contributed by atoms with van der Waals surface area (Å²) in [5.41, 5.74) is 5.22. The second-order valence-electron chi connectivity index (χ2n) is 1.73. The quantitative estimate of drug-likeness (QED) is 0.340. The molecule has 0 heterocycles. The van der Waals surface area contributed by atoms with Crippen LogP contribution in [0.5, 0.6) is 0 Å². The molecule has 0 atom stereocenters. The molecule has 0 aliphatic carbocycles. The summed E-state index contributed by atoms with van der Waals surface area (Å²) < 4.78 is 0. The van der Waals surface area contributed by atoms with E-state index in [9.17, 15) is 0 Å². The van der Waals surface area contributed by atoms with Crippen molar-refractivity contribution in [2.75, 3.05) is 13.6 Å². The topological polar surface area (TPSA) is 38.4 Å². The zero-order valence-electron chi connectivity index (χ0n) is 5.88. The van der Waals surface area contributed by atoms with Gasteiger partial charge in [0.25, 0.3) is 0 Å². The van der Waals surface area contributed by atoms with Gasteiger partial charge in [-0.05, 0) is 19.1 Å². The Hall–Kier alpha value is -0.630. The molecule has 0 rings (SSSR count). The summed E-state index contributed by atoms with van der Waals surface area (Å²) in [6.07, 6.45) is 8.01. The first-order chi connectivity index (χ1) is 4.41. The number of nitrogens with two attached hydrogens (primary N) is 1. The average Bonchev–Trinajstić information content (AvgIpc) is 1.89. The molecule has 0 aliphatic rings. The van der Waals surface area contributed by atoms with E-state index in [2.05, 4.69) is 11.1 Å². The van der Waals surface area contributed by atoms with Gasteiger partial charge in [0, 0.05) is 13.6 Å². The molecule has 2 nitrogen and oxygen atoms in total. The molecule has 0 bridgehead atoms. The predicted octanol–water partition coefficient (Wildman–Crippen LogP) is 0.982. The molecule has 2 N–H and O–H groups in total. The molecule has 0 unspecified atom stereocenters. The Kier molecular flexibility index (Phi) is 6.85. The minimum atomic E-state index is 0.642. The summed E-state index contributed by atoms with van der Waals surface area (Å²) in [6, 6.07) is 0. The summed E-state index contributed by atoms with van der Waals surface area (Å²) in [7, 11) is 1.78. The predicted molar refractivity (Wildman–Crippen MR) is 41.8 cm³/mol. The Balaban J connectivity index is 2.99. The fourth-order valence-electron chi connectivity index (χ4n) is 0.514. The lowest BCUT2D eigenvalue weighted by Crippen LogP contribution is -1.91. The van der Waals surface area contributed by atoms with Gasteiger partial charge in [-0.15, -0.1) is 0 Å². The molecule has 0 amide bonds. The molecule has 0 aromatic carbocycles. The van der Waals surface area contributed by atoms with Crippen LogP contribution in [0.25, 0.3) is 0 Å². The highest BCUT2D eigenvalue weighted by Gasteiger charge is 1.73. The van der Waals surface area contributed by atoms with Crippen LogP contribution in [0.4, 0.5) is 0 Å². The number of rotatable bonds is 4. The number of unbranched alkanes of at least 4 members (excludes halogenated alkanes) is 1. The van der Waals surface area contributed by atoms with Gasteiger partial charge in [-0.2, -0.15) is 0 Å². The van der Waals surface area contributed by atoms with Crippen molar-refractivity contribution < 1.29 is 0 Å². The van der Waals surface area contributed by atoms with Crippen molar-refractivity contribution in [1.82, 2.24) is 0 Å². The molecule has 0 radical (unpaired) electrons. The highest BCUT2D eigenvalue weighted by Crippen LogP contribution is 1.85. The van der Waals surface area contributed by atoms with E-state index in [1.807, 2.05) is 12.3 Å². The van der Waals surface area contributed by atoms with Gasteiger partial charge < -0.3 is 10.7 Å². The second-order valence-corrected chi connectivity index (χ2v) is 1.73. The largest absolute Gasteiger partial charge is 0.327 e. The first-order valence-corrected chi connectivity index (χ1v) is 3.17. The average molecular weight is 126 g/mol. The van der Waals surface area contributed by atoms with Gasteiger partial charge in [0.15, 0.2) is 0 Å². The monoisotopic (exact) mass is 126 g/mol.